The molecule has 1 rings (SSSR count). The van der Waals surface area contributed by atoms with E-state index < -0.39 is 39.3 Å². The topological polar surface area (TPSA) is 176 Å². The number of aliphatic carboxylic acids is 1. The molecule has 0 aliphatic heterocycles. The van der Waals surface area contributed by atoms with Gasteiger partial charge in [0, 0.05) is 17.7 Å². The summed E-state index contributed by atoms with van der Waals surface area (Å²) in [5.41, 5.74) is 10.6. The minimum atomic E-state index is -1.13. The van der Waals surface area contributed by atoms with Gasteiger partial charge in [-0.05, 0) is 25.3 Å². The van der Waals surface area contributed by atoms with Crippen molar-refractivity contribution >= 4 is 17.3 Å². The molecule has 5 N–H and O–H groups in total. The highest BCUT2D eigenvalue weighted by Crippen LogP contribution is 2.30. The van der Waals surface area contributed by atoms with E-state index in [1.165, 1.54) is 6.07 Å². The first-order valence-electron chi connectivity index (χ1n) is 6.40. The van der Waals surface area contributed by atoms with Gasteiger partial charge in [0.25, 0.3) is 11.4 Å². The second kappa shape index (κ2) is 7.43. The van der Waals surface area contributed by atoms with Gasteiger partial charge in [-0.3, -0.25) is 25.0 Å². The van der Waals surface area contributed by atoms with Crippen molar-refractivity contribution in [2.45, 2.75) is 31.3 Å². The molecule has 10 nitrogen and oxygen atoms in total. The number of benzene rings is 1. The Labute approximate surface area is 125 Å². The highest BCUT2D eigenvalue weighted by Gasteiger charge is 2.23. The average Bonchev–Trinajstić information content (AvgIpc) is 2.45. The number of carboxylic acids is 1. The first-order valence-corrected chi connectivity index (χ1v) is 6.40. The molecule has 1 aromatic rings. The van der Waals surface area contributed by atoms with Crippen LogP contribution >= 0.6 is 0 Å². The van der Waals surface area contributed by atoms with Gasteiger partial charge in [-0.2, -0.15) is 0 Å². The number of hydrogen-bond acceptors (Lipinski definition) is 7. The fraction of sp³-hybridized carbons (Fsp3) is 0.417. The summed E-state index contributed by atoms with van der Waals surface area (Å²) in [5, 5.41) is 30.3. The van der Waals surface area contributed by atoms with Crippen LogP contribution < -0.4 is 11.5 Å². The normalized spacial score (nSPS) is 13.4. The number of nitro benzene ring substituents is 2. The molecule has 22 heavy (non-hydrogen) atoms. The third-order valence-corrected chi connectivity index (χ3v) is 3.17. The van der Waals surface area contributed by atoms with Crippen molar-refractivity contribution in [1.82, 2.24) is 0 Å². The Morgan fingerprint density at radius 2 is 1.82 bits per heavy atom. The standard InChI is InChI=1S/C12H16N4O6/c13-9(2-1-3-10(14)12(17)18)8-5-4-7(15(19)20)6-11(8)16(21)22/h4-6,9-10H,1-3,13-14H2,(H,17,18). The zero-order valence-electron chi connectivity index (χ0n) is 11.5. The Bertz CT molecular complexity index is 591. The van der Waals surface area contributed by atoms with E-state index in [2.05, 4.69) is 0 Å². The van der Waals surface area contributed by atoms with Crippen molar-refractivity contribution in [3.63, 3.8) is 0 Å². The smallest absolute Gasteiger partial charge is 0.320 e. The molecule has 0 fully saturated rings. The van der Waals surface area contributed by atoms with Crippen LogP contribution in [0, 0.1) is 20.2 Å². The number of nitrogens with two attached hydrogens (primary N) is 2. The molecule has 1 aromatic carbocycles. The summed E-state index contributed by atoms with van der Waals surface area (Å²) in [6.07, 6.45) is 0.826. The van der Waals surface area contributed by atoms with E-state index in [0.29, 0.717) is 6.42 Å². The third kappa shape index (κ3) is 4.46. The summed E-state index contributed by atoms with van der Waals surface area (Å²) in [6.45, 7) is 0. The molecule has 0 radical (unpaired) electrons. The van der Waals surface area contributed by atoms with Crippen LogP contribution in [-0.4, -0.2) is 27.0 Å². The first kappa shape index (κ1) is 17.5. The number of carbonyl (C=O) groups is 1. The van der Waals surface area contributed by atoms with Crippen LogP contribution in [0.4, 0.5) is 11.4 Å². The van der Waals surface area contributed by atoms with Gasteiger partial charge in [0.15, 0.2) is 0 Å². The minimum absolute atomic E-state index is 0.166. The minimum Gasteiger partial charge on any atom is -0.480 e. The molecule has 0 spiro atoms. The lowest BCUT2D eigenvalue weighted by Crippen LogP contribution is -2.30. The van der Waals surface area contributed by atoms with Crippen LogP contribution in [0.1, 0.15) is 30.9 Å². The van der Waals surface area contributed by atoms with Gasteiger partial charge >= 0.3 is 5.97 Å². The Balaban J connectivity index is 2.84. The lowest BCUT2D eigenvalue weighted by Gasteiger charge is -2.13. The van der Waals surface area contributed by atoms with Gasteiger partial charge in [-0.15, -0.1) is 0 Å². The molecule has 0 saturated carbocycles. The SMILES string of the molecule is NC(CCCC(N)c1ccc([N+](=O)[O-])cc1[N+](=O)[O-])C(=O)O. The zero-order valence-corrected chi connectivity index (χ0v) is 11.5. The maximum absolute atomic E-state index is 11.0. The Kier molecular flexibility index (Phi) is 5.90. The Morgan fingerprint density at radius 1 is 1.18 bits per heavy atom. The molecule has 0 saturated heterocycles. The quantitative estimate of drug-likeness (QED) is 0.471. The van der Waals surface area contributed by atoms with Crippen molar-refractivity contribution in [2.24, 2.45) is 11.5 Å². The fourth-order valence-corrected chi connectivity index (χ4v) is 1.95. The number of nitrogens with zero attached hydrogens (tertiary/aromatic N) is 2. The average molecular weight is 312 g/mol. The van der Waals surface area contributed by atoms with E-state index in [9.17, 15) is 25.0 Å². The summed E-state index contributed by atoms with van der Waals surface area (Å²) in [6, 6.07) is 1.50. The Hall–Kier alpha value is -2.59. The molecule has 2 atom stereocenters. The molecule has 10 heteroatoms. The number of hydrogen-bond donors (Lipinski definition) is 3. The lowest BCUT2D eigenvalue weighted by atomic mass is 9.98. The molecular formula is C12H16N4O6. The summed E-state index contributed by atoms with van der Waals surface area (Å²) < 4.78 is 0. The van der Waals surface area contributed by atoms with Crippen molar-refractivity contribution in [1.29, 1.82) is 0 Å². The van der Waals surface area contributed by atoms with Gasteiger partial charge < -0.3 is 16.6 Å². The molecule has 0 amide bonds. The van der Waals surface area contributed by atoms with Gasteiger partial charge in [-0.1, -0.05) is 0 Å². The van der Waals surface area contributed by atoms with Crippen LogP contribution in [0.25, 0.3) is 0 Å². The summed E-state index contributed by atoms with van der Waals surface area (Å²) in [5.74, 6) is -1.13. The predicted octanol–water partition coefficient (Wildman–Crippen LogP) is 1.08. The van der Waals surface area contributed by atoms with E-state index >= 15 is 0 Å². The van der Waals surface area contributed by atoms with Crippen LogP contribution in [-0.2, 0) is 4.79 Å². The predicted molar refractivity (Wildman–Crippen MR) is 76.1 cm³/mol. The van der Waals surface area contributed by atoms with Crippen molar-refractivity contribution in [2.75, 3.05) is 0 Å². The van der Waals surface area contributed by atoms with E-state index in [0.717, 1.165) is 12.1 Å². The van der Waals surface area contributed by atoms with E-state index in [-0.39, 0.29) is 18.4 Å². The molecular weight excluding hydrogens is 296 g/mol. The second-order valence-corrected chi connectivity index (χ2v) is 4.74. The van der Waals surface area contributed by atoms with Crippen LogP contribution in [0.15, 0.2) is 18.2 Å². The molecule has 0 bridgehead atoms. The van der Waals surface area contributed by atoms with Gasteiger partial charge in [-0.25, -0.2) is 0 Å². The van der Waals surface area contributed by atoms with E-state index in [1.807, 2.05) is 0 Å². The molecule has 0 aliphatic rings. The van der Waals surface area contributed by atoms with Crippen molar-refractivity contribution in [3.8, 4) is 0 Å². The monoisotopic (exact) mass is 312 g/mol. The lowest BCUT2D eigenvalue weighted by molar-refractivity contribution is -0.394. The third-order valence-electron chi connectivity index (χ3n) is 3.17. The number of carboxylic acid groups (broad SMARTS) is 1. The molecule has 0 heterocycles. The number of nitro groups is 2. The zero-order chi connectivity index (χ0) is 16.9. The van der Waals surface area contributed by atoms with Gasteiger partial charge in [0.2, 0.25) is 0 Å². The van der Waals surface area contributed by atoms with E-state index in [1.54, 1.807) is 0 Å². The highest BCUT2D eigenvalue weighted by molar-refractivity contribution is 5.72. The summed E-state index contributed by atoms with van der Waals surface area (Å²) in [7, 11) is 0. The first-order chi connectivity index (χ1) is 10.2. The van der Waals surface area contributed by atoms with E-state index in [4.69, 9.17) is 16.6 Å². The maximum atomic E-state index is 11.0. The molecule has 0 aromatic heterocycles. The fourth-order valence-electron chi connectivity index (χ4n) is 1.95. The molecule has 120 valence electrons. The largest absolute Gasteiger partial charge is 0.480 e. The van der Waals surface area contributed by atoms with Gasteiger partial charge in [0.05, 0.1) is 15.9 Å². The molecule has 2 unspecified atom stereocenters. The Morgan fingerprint density at radius 3 is 2.32 bits per heavy atom. The van der Waals surface area contributed by atoms with Crippen LogP contribution in [0.2, 0.25) is 0 Å². The van der Waals surface area contributed by atoms with Crippen molar-refractivity contribution in [3.05, 3.63) is 44.0 Å². The maximum Gasteiger partial charge on any atom is 0.320 e. The second-order valence-electron chi connectivity index (χ2n) is 4.74. The molecule has 0 aliphatic carbocycles. The summed E-state index contributed by atoms with van der Waals surface area (Å²) in [4.78, 5) is 30.8. The van der Waals surface area contributed by atoms with Gasteiger partial charge in [0.1, 0.15) is 6.04 Å². The number of rotatable bonds is 8. The van der Waals surface area contributed by atoms with Crippen LogP contribution in [0.3, 0.4) is 0 Å². The number of non-ortho nitro benzene ring substituents is 1. The van der Waals surface area contributed by atoms with Crippen LogP contribution in [0.5, 0.6) is 0 Å². The summed E-state index contributed by atoms with van der Waals surface area (Å²) >= 11 is 0. The highest BCUT2D eigenvalue weighted by atomic mass is 16.6. The van der Waals surface area contributed by atoms with Crippen molar-refractivity contribution < 1.29 is 19.7 Å².